The highest BCUT2D eigenvalue weighted by Crippen LogP contribution is 2.36. The molecule has 0 fully saturated rings. The second-order valence-corrected chi connectivity index (χ2v) is 7.14. The van der Waals surface area contributed by atoms with Gasteiger partial charge in [0.05, 0.1) is 38.8 Å². The van der Waals surface area contributed by atoms with Gasteiger partial charge < -0.3 is 29.0 Å². The molecule has 2 aliphatic heterocycles. The largest absolute Gasteiger partial charge is 0.497 e. The third-order valence-electron chi connectivity index (χ3n) is 5.29. The first kappa shape index (κ1) is 19.3. The number of aromatic nitrogens is 2. The molecule has 5 rings (SSSR count). The number of hydrogen-bond donors (Lipinski definition) is 1. The lowest BCUT2D eigenvalue weighted by atomic mass is 10.1. The Morgan fingerprint density at radius 1 is 1.10 bits per heavy atom. The van der Waals surface area contributed by atoms with Gasteiger partial charge in [-0.05, 0) is 35.9 Å². The van der Waals surface area contributed by atoms with Gasteiger partial charge in [0, 0.05) is 6.07 Å². The smallest absolute Gasteiger partial charge is 0.276 e. The first-order valence-corrected chi connectivity index (χ1v) is 9.76. The topological polar surface area (TPSA) is 93.1 Å². The van der Waals surface area contributed by atoms with Gasteiger partial charge in [0.25, 0.3) is 5.91 Å². The monoisotopic (exact) mass is 423 g/mol. The molecule has 0 saturated heterocycles. The van der Waals surface area contributed by atoms with E-state index in [0.717, 1.165) is 17.0 Å². The van der Waals surface area contributed by atoms with E-state index in [0.29, 0.717) is 41.8 Å². The maximum atomic E-state index is 12.8. The number of anilines is 1. The molecule has 0 saturated carbocycles. The number of fused-ring (bicyclic) bond motifs is 2. The maximum Gasteiger partial charge on any atom is 0.276 e. The molecule has 1 amide bonds. The van der Waals surface area contributed by atoms with Crippen LogP contribution in [0, 0.1) is 0 Å². The normalized spacial score (nSPS) is 16.5. The lowest BCUT2D eigenvalue weighted by Gasteiger charge is -2.24. The van der Waals surface area contributed by atoms with Crippen molar-refractivity contribution in [1.29, 1.82) is 0 Å². The van der Waals surface area contributed by atoms with E-state index in [4.69, 9.17) is 23.7 Å². The third-order valence-corrected chi connectivity index (χ3v) is 5.29. The summed E-state index contributed by atoms with van der Waals surface area (Å²) in [5.74, 6) is 2.25. The Morgan fingerprint density at radius 3 is 2.81 bits per heavy atom. The van der Waals surface area contributed by atoms with Crippen LogP contribution in [0.15, 0.2) is 42.5 Å². The van der Waals surface area contributed by atoms with Gasteiger partial charge >= 0.3 is 0 Å². The van der Waals surface area contributed by atoms with Gasteiger partial charge in [0.1, 0.15) is 17.6 Å². The van der Waals surface area contributed by atoms with Crippen LogP contribution in [0.25, 0.3) is 0 Å². The summed E-state index contributed by atoms with van der Waals surface area (Å²) < 4.78 is 29.2. The number of nitrogens with one attached hydrogen (secondary N) is 1. The van der Waals surface area contributed by atoms with Crippen molar-refractivity contribution in [3.8, 4) is 23.0 Å². The maximum absolute atomic E-state index is 12.8. The lowest BCUT2D eigenvalue weighted by Crippen LogP contribution is -2.22. The molecule has 2 aromatic carbocycles. The minimum Gasteiger partial charge on any atom is -0.497 e. The van der Waals surface area contributed by atoms with Crippen LogP contribution in [0.3, 0.4) is 0 Å². The molecule has 31 heavy (non-hydrogen) atoms. The number of carbonyl (C=O) groups excluding carboxylic acids is 1. The standard InChI is InChI=1S/C22H21N3O6/c1-27-15-4-5-16(19(9-15)28-2)23-22(26)17-8-14-11-29-21(10-25(14)24-17)13-3-6-18-20(7-13)31-12-30-18/h3-9,21H,10-12H2,1-2H3,(H,23,26)/t21-/m1/s1. The van der Waals surface area contributed by atoms with E-state index in [1.165, 1.54) is 7.11 Å². The highest BCUT2D eigenvalue weighted by Gasteiger charge is 2.26. The minimum atomic E-state index is -0.329. The van der Waals surface area contributed by atoms with E-state index in [1.54, 1.807) is 36.1 Å². The summed E-state index contributed by atoms with van der Waals surface area (Å²) in [7, 11) is 3.11. The SMILES string of the molecule is COc1ccc(NC(=O)c2cc3n(n2)C[C@H](c2ccc4c(c2)OCO4)OC3)c(OC)c1. The molecule has 1 aromatic heterocycles. The molecule has 2 aliphatic rings. The first-order valence-electron chi connectivity index (χ1n) is 9.76. The Bertz CT molecular complexity index is 1140. The Hall–Kier alpha value is -3.72. The van der Waals surface area contributed by atoms with Crippen LogP contribution < -0.4 is 24.3 Å². The molecule has 9 nitrogen and oxygen atoms in total. The number of hydrogen-bond acceptors (Lipinski definition) is 7. The molecule has 9 heteroatoms. The van der Waals surface area contributed by atoms with Crippen LogP contribution in [-0.4, -0.2) is 36.7 Å². The van der Waals surface area contributed by atoms with Crippen molar-refractivity contribution in [2.24, 2.45) is 0 Å². The zero-order valence-corrected chi connectivity index (χ0v) is 17.1. The fraction of sp³-hybridized carbons (Fsp3) is 0.273. The van der Waals surface area contributed by atoms with Gasteiger partial charge in [-0.15, -0.1) is 0 Å². The van der Waals surface area contributed by atoms with Gasteiger partial charge in [-0.3, -0.25) is 9.48 Å². The number of ether oxygens (including phenoxy) is 5. The Morgan fingerprint density at radius 2 is 1.97 bits per heavy atom. The van der Waals surface area contributed by atoms with E-state index in [1.807, 2.05) is 18.2 Å². The highest BCUT2D eigenvalue weighted by atomic mass is 16.7. The summed E-state index contributed by atoms with van der Waals surface area (Å²) in [4.78, 5) is 12.8. The van der Waals surface area contributed by atoms with Crippen LogP contribution in [0.1, 0.15) is 27.8 Å². The van der Waals surface area contributed by atoms with Crippen molar-refractivity contribution in [3.05, 3.63) is 59.4 Å². The number of rotatable bonds is 5. The predicted molar refractivity (Wildman–Crippen MR) is 110 cm³/mol. The van der Waals surface area contributed by atoms with Crippen molar-refractivity contribution in [2.45, 2.75) is 19.3 Å². The lowest BCUT2D eigenvalue weighted by molar-refractivity contribution is -0.00127. The van der Waals surface area contributed by atoms with Gasteiger partial charge in [0.2, 0.25) is 6.79 Å². The average Bonchev–Trinajstić information content (AvgIpc) is 3.45. The van der Waals surface area contributed by atoms with Crippen LogP contribution in [-0.2, 0) is 17.9 Å². The summed E-state index contributed by atoms with van der Waals surface area (Å²) >= 11 is 0. The molecule has 0 spiro atoms. The quantitative estimate of drug-likeness (QED) is 0.674. The van der Waals surface area contributed by atoms with Crippen LogP contribution in [0.4, 0.5) is 5.69 Å². The molecule has 160 valence electrons. The predicted octanol–water partition coefficient (Wildman–Crippen LogP) is 3.15. The highest BCUT2D eigenvalue weighted by molar-refractivity contribution is 6.03. The zero-order valence-electron chi connectivity index (χ0n) is 17.1. The second-order valence-electron chi connectivity index (χ2n) is 7.14. The third kappa shape index (κ3) is 3.64. The van der Waals surface area contributed by atoms with Crippen LogP contribution >= 0.6 is 0 Å². The molecule has 1 atom stereocenters. The summed E-state index contributed by atoms with van der Waals surface area (Å²) in [6.45, 7) is 1.07. The van der Waals surface area contributed by atoms with Gasteiger partial charge in [-0.2, -0.15) is 5.10 Å². The van der Waals surface area contributed by atoms with Crippen molar-refractivity contribution < 1.29 is 28.5 Å². The summed E-state index contributed by atoms with van der Waals surface area (Å²) in [5, 5.41) is 7.33. The molecule has 0 unspecified atom stereocenters. The molecule has 0 bridgehead atoms. The molecule has 3 aromatic rings. The first-order chi connectivity index (χ1) is 15.1. The molecular formula is C22H21N3O6. The fourth-order valence-electron chi connectivity index (χ4n) is 3.64. The molecule has 3 heterocycles. The Labute approximate surface area is 178 Å². The van der Waals surface area contributed by atoms with E-state index in [2.05, 4.69) is 10.4 Å². The molecular weight excluding hydrogens is 402 g/mol. The molecule has 1 N–H and O–H groups in total. The number of nitrogens with zero attached hydrogens (tertiary/aromatic N) is 2. The Balaban J connectivity index is 1.32. The van der Waals surface area contributed by atoms with Gasteiger partial charge in [-0.25, -0.2) is 0 Å². The fourth-order valence-corrected chi connectivity index (χ4v) is 3.64. The van der Waals surface area contributed by atoms with Crippen molar-refractivity contribution >= 4 is 11.6 Å². The van der Waals surface area contributed by atoms with Gasteiger partial charge in [-0.1, -0.05) is 6.07 Å². The number of carbonyl (C=O) groups is 1. The summed E-state index contributed by atoms with van der Waals surface area (Å²) in [5.41, 5.74) is 2.65. The molecule has 0 radical (unpaired) electrons. The number of benzene rings is 2. The van der Waals surface area contributed by atoms with Crippen molar-refractivity contribution in [2.75, 3.05) is 26.3 Å². The minimum absolute atomic E-state index is 0.195. The van der Waals surface area contributed by atoms with Crippen molar-refractivity contribution in [3.63, 3.8) is 0 Å². The van der Waals surface area contributed by atoms with Crippen molar-refractivity contribution in [1.82, 2.24) is 9.78 Å². The summed E-state index contributed by atoms with van der Waals surface area (Å²) in [6, 6.07) is 12.7. The summed E-state index contributed by atoms with van der Waals surface area (Å²) in [6.07, 6.45) is -0.195. The van der Waals surface area contributed by atoms with Gasteiger partial charge in [0.15, 0.2) is 17.2 Å². The average molecular weight is 423 g/mol. The van der Waals surface area contributed by atoms with Crippen LogP contribution in [0.2, 0.25) is 0 Å². The molecule has 0 aliphatic carbocycles. The van der Waals surface area contributed by atoms with E-state index >= 15 is 0 Å². The van der Waals surface area contributed by atoms with E-state index < -0.39 is 0 Å². The number of methoxy groups -OCH3 is 2. The second kappa shape index (κ2) is 7.84. The van der Waals surface area contributed by atoms with Crippen LogP contribution in [0.5, 0.6) is 23.0 Å². The van der Waals surface area contributed by atoms with E-state index in [-0.39, 0.29) is 18.8 Å². The Kier molecular flexibility index (Phi) is 4.87. The number of amides is 1. The van der Waals surface area contributed by atoms with E-state index in [9.17, 15) is 4.79 Å². The zero-order chi connectivity index (χ0) is 21.4.